The van der Waals surface area contributed by atoms with E-state index < -0.39 is 10.0 Å². The molecular weight excluding hydrogens is 278 g/mol. The number of fused-ring (bicyclic) bond motifs is 1. The number of aromatic nitrogens is 4. The van der Waals surface area contributed by atoms with Gasteiger partial charge in [-0.15, -0.1) is 0 Å². The van der Waals surface area contributed by atoms with E-state index in [0.717, 1.165) is 5.69 Å². The first kappa shape index (κ1) is 12.7. The summed E-state index contributed by atoms with van der Waals surface area (Å²) < 4.78 is 28.9. The summed E-state index contributed by atoms with van der Waals surface area (Å²) in [7, 11) is -2.01. The summed E-state index contributed by atoms with van der Waals surface area (Å²) in [5.74, 6) is 0.417. The van der Waals surface area contributed by atoms with Crippen molar-refractivity contribution in [1.29, 1.82) is 0 Å². The van der Waals surface area contributed by atoms with Crippen LogP contribution in [0.1, 0.15) is 5.69 Å². The van der Waals surface area contributed by atoms with Gasteiger partial charge in [-0.1, -0.05) is 0 Å². The average Bonchev–Trinajstić information content (AvgIpc) is 2.93. The number of nitrogens with one attached hydrogen (secondary N) is 2. The molecule has 3 aromatic heterocycles. The van der Waals surface area contributed by atoms with Crippen LogP contribution in [0.5, 0.6) is 0 Å². The van der Waals surface area contributed by atoms with E-state index in [9.17, 15) is 8.42 Å². The average molecular weight is 291 g/mol. The molecule has 0 fully saturated rings. The van der Waals surface area contributed by atoms with Crippen molar-refractivity contribution in [1.82, 2.24) is 19.7 Å². The molecule has 104 valence electrons. The van der Waals surface area contributed by atoms with Gasteiger partial charge in [0.15, 0.2) is 0 Å². The molecule has 2 N–H and O–H groups in total. The van der Waals surface area contributed by atoms with Crippen LogP contribution >= 0.6 is 0 Å². The summed E-state index contributed by atoms with van der Waals surface area (Å²) in [5.41, 5.74) is 1.28. The number of H-pyrrole nitrogens is 1. The highest BCUT2D eigenvalue weighted by atomic mass is 32.2. The Morgan fingerprint density at radius 3 is 2.90 bits per heavy atom. The molecule has 0 saturated heterocycles. The molecule has 0 saturated carbocycles. The molecule has 8 heteroatoms. The quantitative estimate of drug-likeness (QED) is 0.763. The van der Waals surface area contributed by atoms with Crippen molar-refractivity contribution in [2.45, 2.75) is 11.8 Å². The highest BCUT2D eigenvalue weighted by molar-refractivity contribution is 7.93. The Labute approximate surface area is 115 Å². The Morgan fingerprint density at radius 2 is 2.20 bits per heavy atom. The SMILES string of the molecule is Cc1cc(NS(=O)(=O)c2c[nH]c3ncccc23)n(C)n1. The predicted octanol–water partition coefficient (Wildman–Crippen LogP) is 1.41. The Bertz CT molecular complexity index is 878. The minimum Gasteiger partial charge on any atom is -0.345 e. The maximum absolute atomic E-state index is 12.4. The van der Waals surface area contributed by atoms with Gasteiger partial charge in [0.25, 0.3) is 10.0 Å². The van der Waals surface area contributed by atoms with Gasteiger partial charge in [0.05, 0.1) is 5.69 Å². The smallest absolute Gasteiger partial charge is 0.265 e. The number of nitrogens with zero attached hydrogens (tertiary/aromatic N) is 3. The Morgan fingerprint density at radius 1 is 1.40 bits per heavy atom. The molecule has 20 heavy (non-hydrogen) atoms. The number of sulfonamides is 1. The second kappa shape index (κ2) is 4.34. The van der Waals surface area contributed by atoms with Gasteiger partial charge in [-0.2, -0.15) is 5.10 Å². The van der Waals surface area contributed by atoms with Crippen molar-refractivity contribution >= 4 is 26.9 Å². The summed E-state index contributed by atoms with van der Waals surface area (Å²) in [6.07, 6.45) is 3.04. The minimum atomic E-state index is -3.69. The van der Waals surface area contributed by atoms with Gasteiger partial charge in [-0.3, -0.25) is 9.40 Å². The number of hydrogen-bond donors (Lipinski definition) is 2. The van der Waals surface area contributed by atoms with Crippen molar-refractivity contribution in [2.24, 2.45) is 7.05 Å². The summed E-state index contributed by atoms with van der Waals surface area (Å²) >= 11 is 0. The topological polar surface area (TPSA) is 92.7 Å². The molecule has 0 bridgehead atoms. The fraction of sp³-hybridized carbons (Fsp3) is 0.167. The van der Waals surface area contributed by atoms with Crippen molar-refractivity contribution in [3.63, 3.8) is 0 Å². The molecule has 0 radical (unpaired) electrons. The van der Waals surface area contributed by atoms with Crippen LogP contribution in [0.2, 0.25) is 0 Å². The number of aryl methyl sites for hydroxylation is 2. The highest BCUT2D eigenvalue weighted by Gasteiger charge is 2.20. The van der Waals surface area contributed by atoms with Gasteiger partial charge < -0.3 is 4.98 Å². The largest absolute Gasteiger partial charge is 0.345 e. The number of rotatable bonds is 3. The number of aromatic amines is 1. The molecule has 0 aliphatic heterocycles. The second-order valence-corrected chi connectivity index (χ2v) is 6.10. The standard InChI is InChI=1S/C12H13N5O2S/c1-8-6-11(17(2)15-8)16-20(18,19)10-7-14-12-9(10)4-3-5-13-12/h3-7,16H,1-2H3,(H,13,14). The fourth-order valence-corrected chi connectivity index (χ4v) is 3.30. The van der Waals surface area contributed by atoms with Gasteiger partial charge in [0, 0.05) is 30.9 Å². The lowest BCUT2D eigenvalue weighted by Crippen LogP contribution is -2.15. The van der Waals surface area contributed by atoms with E-state index >= 15 is 0 Å². The minimum absolute atomic E-state index is 0.166. The molecule has 3 rings (SSSR count). The van der Waals surface area contributed by atoms with Gasteiger partial charge in [-0.05, 0) is 19.1 Å². The lowest BCUT2D eigenvalue weighted by atomic mass is 10.3. The van der Waals surface area contributed by atoms with E-state index in [1.54, 1.807) is 38.4 Å². The zero-order chi connectivity index (χ0) is 14.3. The van der Waals surface area contributed by atoms with Crippen LogP contribution in [0.25, 0.3) is 11.0 Å². The van der Waals surface area contributed by atoms with Crippen molar-refractivity contribution in [3.05, 3.63) is 36.3 Å². The zero-order valence-electron chi connectivity index (χ0n) is 11.0. The highest BCUT2D eigenvalue weighted by Crippen LogP contribution is 2.23. The second-order valence-electron chi connectivity index (χ2n) is 4.45. The molecule has 0 aromatic carbocycles. The van der Waals surface area contributed by atoms with Gasteiger partial charge in [-0.25, -0.2) is 13.4 Å². The van der Waals surface area contributed by atoms with E-state index in [0.29, 0.717) is 16.9 Å². The number of anilines is 1. The van der Waals surface area contributed by atoms with Crippen LogP contribution in [0.15, 0.2) is 35.5 Å². The molecule has 7 nitrogen and oxygen atoms in total. The summed E-state index contributed by atoms with van der Waals surface area (Å²) in [5, 5.41) is 4.66. The van der Waals surface area contributed by atoms with Crippen molar-refractivity contribution in [2.75, 3.05) is 4.72 Å². The Kier molecular flexibility index (Phi) is 2.75. The molecule has 3 aromatic rings. The first-order valence-corrected chi connectivity index (χ1v) is 7.41. The van der Waals surface area contributed by atoms with Crippen LogP contribution in [0.3, 0.4) is 0 Å². The van der Waals surface area contributed by atoms with E-state index in [2.05, 4.69) is 19.8 Å². The first-order valence-electron chi connectivity index (χ1n) is 5.93. The van der Waals surface area contributed by atoms with Crippen molar-refractivity contribution in [3.8, 4) is 0 Å². The first-order chi connectivity index (χ1) is 9.47. The Balaban J connectivity index is 2.06. The lowest BCUT2D eigenvalue weighted by Gasteiger charge is -2.06. The van der Waals surface area contributed by atoms with Crippen LogP contribution in [-0.2, 0) is 17.1 Å². The maximum Gasteiger partial charge on any atom is 0.265 e. The Hall–Kier alpha value is -2.35. The molecule has 0 aliphatic carbocycles. The molecule has 0 amide bonds. The van der Waals surface area contributed by atoms with Crippen LogP contribution in [0.4, 0.5) is 5.82 Å². The van der Waals surface area contributed by atoms with E-state index in [4.69, 9.17) is 0 Å². The molecule has 3 heterocycles. The summed E-state index contributed by atoms with van der Waals surface area (Å²) in [6, 6.07) is 5.08. The third-order valence-electron chi connectivity index (χ3n) is 2.94. The third kappa shape index (κ3) is 2.03. The molecular formula is C12H13N5O2S. The van der Waals surface area contributed by atoms with Crippen LogP contribution < -0.4 is 4.72 Å². The zero-order valence-corrected chi connectivity index (χ0v) is 11.8. The third-order valence-corrected chi connectivity index (χ3v) is 4.34. The number of hydrogen-bond acceptors (Lipinski definition) is 4. The fourth-order valence-electron chi connectivity index (χ4n) is 2.05. The van der Waals surface area contributed by atoms with Gasteiger partial charge in [0.1, 0.15) is 16.4 Å². The van der Waals surface area contributed by atoms with Crippen molar-refractivity contribution < 1.29 is 8.42 Å². The maximum atomic E-state index is 12.4. The molecule has 0 aliphatic rings. The van der Waals surface area contributed by atoms with Crippen LogP contribution in [-0.4, -0.2) is 28.2 Å². The van der Waals surface area contributed by atoms with E-state index in [1.807, 2.05) is 0 Å². The van der Waals surface area contributed by atoms with Crippen LogP contribution in [0, 0.1) is 6.92 Å². The monoisotopic (exact) mass is 291 g/mol. The number of pyridine rings is 1. The lowest BCUT2D eigenvalue weighted by molar-refractivity contribution is 0.601. The van der Waals surface area contributed by atoms with E-state index in [-0.39, 0.29) is 4.90 Å². The summed E-state index contributed by atoms with van der Waals surface area (Å²) in [4.78, 5) is 7.09. The predicted molar refractivity (Wildman–Crippen MR) is 74.8 cm³/mol. The molecule has 0 spiro atoms. The van der Waals surface area contributed by atoms with E-state index in [1.165, 1.54) is 10.9 Å². The summed E-state index contributed by atoms with van der Waals surface area (Å²) in [6.45, 7) is 1.80. The molecule has 0 atom stereocenters. The van der Waals surface area contributed by atoms with Gasteiger partial charge in [0.2, 0.25) is 0 Å². The molecule has 0 unspecified atom stereocenters. The normalized spacial score (nSPS) is 11.9. The van der Waals surface area contributed by atoms with Gasteiger partial charge >= 0.3 is 0 Å².